The summed E-state index contributed by atoms with van der Waals surface area (Å²) in [5, 5.41) is 0. The van der Waals surface area contributed by atoms with Crippen LogP contribution in [0.15, 0.2) is 41.3 Å². The van der Waals surface area contributed by atoms with Crippen molar-refractivity contribution < 1.29 is 9.53 Å². The summed E-state index contributed by atoms with van der Waals surface area (Å²) >= 11 is 1.56. The van der Waals surface area contributed by atoms with E-state index in [0.717, 1.165) is 16.0 Å². The average Bonchev–Trinajstić information content (AvgIpc) is 2.45. The molecule has 0 heterocycles. The Morgan fingerprint density at radius 1 is 1.05 bits per heavy atom. The number of rotatable bonds is 5. The molecule has 2 aromatic carbocycles. The zero-order valence-electron chi connectivity index (χ0n) is 12.9. The van der Waals surface area contributed by atoms with Gasteiger partial charge in [0, 0.05) is 4.90 Å². The van der Waals surface area contributed by atoms with Crippen LogP contribution in [0.2, 0.25) is 0 Å². The molecule has 110 valence electrons. The third-order valence-electron chi connectivity index (χ3n) is 3.33. The first-order chi connectivity index (χ1) is 10.0. The van der Waals surface area contributed by atoms with Crippen LogP contribution in [0.4, 0.5) is 0 Å². The molecular formula is C18H20O2S. The van der Waals surface area contributed by atoms with E-state index < -0.39 is 0 Å². The van der Waals surface area contributed by atoms with Crippen LogP contribution in [0.5, 0.6) is 5.75 Å². The first-order valence-electron chi connectivity index (χ1n) is 6.89. The topological polar surface area (TPSA) is 26.3 Å². The summed E-state index contributed by atoms with van der Waals surface area (Å²) in [7, 11) is 1.61. The van der Waals surface area contributed by atoms with Gasteiger partial charge >= 0.3 is 0 Å². The molecule has 0 unspecified atom stereocenters. The van der Waals surface area contributed by atoms with E-state index in [2.05, 4.69) is 19.1 Å². The summed E-state index contributed by atoms with van der Waals surface area (Å²) in [6.45, 7) is 6.02. The quantitative estimate of drug-likeness (QED) is 0.596. The van der Waals surface area contributed by atoms with Crippen LogP contribution >= 0.6 is 11.8 Å². The molecule has 0 atom stereocenters. The van der Waals surface area contributed by atoms with Crippen molar-refractivity contribution in [2.75, 3.05) is 12.9 Å². The van der Waals surface area contributed by atoms with E-state index in [0.29, 0.717) is 17.1 Å². The van der Waals surface area contributed by atoms with E-state index >= 15 is 0 Å². The monoisotopic (exact) mass is 300 g/mol. The molecule has 3 heteroatoms. The number of hydrogen-bond donors (Lipinski definition) is 0. The fraction of sp³-hybridized carbons (Fsp3) is 0.278. The highest BCUT2D eigenvalue weighted by atomic mass is 32.2. The van der Waals surface area contributed by atoms with Crippen molar-refractivity contribution in [3.63, 3.8) is 0 Å². The highest BCUT2D eigenvalue weighted by molar-refractivity contribution is 8.00. The maximum Gasteiger partial charge on any atom is 0.177 e. The van der Waals surface area contributed by atoms with Crippen LogP contribution in [-0.4, -0.2) is 18.6 Å². The number of thioether (sulfide) groups is 1. The molecule has 0 amide bonds. The average molecular weight is 300 g/mol. The minimum atomic E-state index is 0.106. The highest BCUT2D eigenvalue weighted by Gasteiger charge is 2.16. The standard InChI is InChI=1S/C18H20O2S/c1-12-5-7-15(8-6-12)21-11-16(19)18-14(3)9-13(2)10-17(18)20-4/h5-10H,11H2,1-4H3. The number of hydrogen-bond acceptors (Lipinski definition) is 3. The zero-order valence-corrected chi connectivity index (χ0v) is 13.7. The van der Waals surface area contributed by atoms with Crippen LogP contribution in [0, 0.1) is 20.8 Å². The second-order valence-corrected chi connectivity index (χ2v) is 6.23. The van der Waals surface area contributed by atoms with Gasteiger partial charge in [-0.25, -0.2) is 0 Å². The van der Waals surface area contributed by atoms with Gasteiger partial charge in [0.15, 0.2) is 5.78 Å². The Morgan fingerprint density at radius 2 is 1.71 bits per heavy atom. The number of Topliss-reactive ketones (excluding diaryl/α,β-unsaturated/α-hetero) is 1. The Morgan fingerprint density at radius 3 is 2.33 bits per heavy atom. The van der Waals surface area contributed by atoms with Gasteiger partial charge in [0.25, 0.3) is 0 Å². The predicted octanol–water partition coefficient (Wildman–Crippen LogP) is 4.60. The molecule has 21 heavy (non-hydrogen) atoms. The fourth-order valence-corrected chi connectivity index (χ4v) is 3.07. The molecule has 0 bridgehead atoms. The molecule has 0 saturated heterocycles. The van der Waals surface area contributed by atoms with Crippen LogP contribution in [0.3, 0.4) is 0 Å². The summed E-state index contributed by atoms with van der Waals surface area (Å²) in [5.74, 6) is 1.19. The Labute approximate surface area is 130 Å². The Bertz CT molecular complexity index is 645. The Hall–Kier alpha value is -1.74. The maximum atomic E-state index is 12.5. The lowest BCUT2D eigenvalue weighted by Gasteiger charge is -2.12. The normalized spacial score (nSPS) is 10.5. The first-order valence-corrected chi connectivity index (χ1v) is 7.87. The van der Waals surface area contributed by atoms with Crippen molar-refractivity contribution in [1.82, 2.24) is 0 Å². The smallest absolute Gasteiger partial charge is 0.177 e. The van der Waals surface area contributed by atoms with E-state index in [1.54, 1.807) is 18.9 Å². The van der Waals surface area contributed by atoms with Crippen molar-refractivity contribution in [3.8, 4) is 5.75 Å². The number of carbonyl (C=O) groups excluding carboxylic acids is 1. The maximum absolute atomic E-state index is 12.5. The van der Waals surface area contributed by atoms with Gasteiger partial charge in [0.2, 0.25) is 0 Å². The number of benzene rings is 2. The molecule has 2 nitrogen and oxygen atoms in total. The Balaban J connectivity index is 2.15. The second kappa shape index (κ2) is 6.81. The van der Waals surface area contributed by atoms with Crippen LogP contribution in [-0.2, 0) is 0 Å². The van der Waals surface area contributed by atoms with E-state index in [1.165, 1.54) is 5.56 Å². The molecule has 0 N–H and O–H groups in total. The molecule has 0 radical (unpaired) electrons. The third-order valence-corrected chi connectivity index (χ3v) is 4.35. The lowest BCUT2D eigenvalue weighted by molar-refractivity contribution is 0.101. The summed E-state index contributed by atoms with van der Waals surface area (Å²) < 4.78 is 5.37. The first kappa shape index (κ1) is 15.6. The van der Waals surface area contributed by atoms with Gasteiger partial charge in [0.1, 0.15) is 5.75 Å². The molecule has 0 fully saturated rings. The molecule has 2 rings (SSSR count). The van der Waals surface area contributed by atoms with Gasteiger partial charge < -0.3 is 4.74 Å². The summed E-state index contributed by atoms with van der Waals surface area (Å²) in [6, 6.07) is 12.1. The van der Waals surface area contributed by atoms with Gasteiger partial charge in [0.05, 0.1) is 18.4 Å². The molecule has 0 spiro atoms. The fourth-order valence-electron chi connectivity index (χ4n) is 2.30. The number of aryl methyl sites for hydroxylation is 3. The van der Waals surface area contributed by atoms with Gasteiger partial charge in [-0.15, -0.1) is 11.8 Å². The highest BCUT2D eigenvalue weighted by Crippen LogP contribution is 2.27. The van der Waals surface area contributed by atoms with Crippen LogP contribution in [0.25, 0.3) is 0 Å². The van der Waals surface area contributed by atoms with Gasteiger partial charge in [-0.05, 0) is 50.1 Å². The molecule has 0 aliphatic heterocycles. The van der Waals surface area contributed by atoms with E-state index in [9.17, 15) is 4.79 Å². The molecule has 0 saturated carbocycles. The Kier molecular flexibility index (Phi) is 5.07. The molecule has 0 aliphatic carbocycles. The number of methoxy groups -OCH3 is 1. The van der Waals surface area contributed by atoms with Crippen molar-refractivity contribution in [1.29, 1.82) is 0 Å². The minimum Gasteiger partial charge on any atom is -0.496 e. The minimum absolute atomic E-state index is 0.106. The van der Waals surface area contributed by atoms with Crippen molar-refractivity contribution in [2.45, 2.75) is 25.7 Å². The van der Waals surface area contributed by atoms with E-state index in [1.807, 2.05) is 38.1 Å². The zero-order chi connectivity index (χ0) is 15.4. The molecular weight excluding hydrogens is 280 g/mol. The number of ether oxygens (including phenoxy) is 1. The summed E-state index contributed by atoms with van der Waals surface area (Å²) in [4.78, 5) is 13.6. The van der Waals surface area contributed by atoms with Gasteiger partial charge in [-0.3, -0.25) is 4.79 Å². The van der Waals surface area contributed by atoms with E-state index in [-0.39, 0.29) is 5.78 Å². The number of ketones is 1. The summed E-state index contributed by atoms with van der Waals surface area (Å²) in [5.41, 5.74) is 4.00. The van der Waals surface area contributed by atoms with Gasteiger partial charge in [-0.2, -0.15) is 0 Å². The van der Waals surface area contributed by atoms with Crippen molar-refractivity contribution >= 4 is 17.5 Å². The van der Waals surface area contributed by atoms with Gasteiger partial charge in [-0.1, -0.05) is 23.8 Å². The van der Waals surface area contributed by atoms with Crippen LogP contribution < -0.4 is 4.74 Å². The van der Waals surface area contributed by atoms with Crippen LogP contribution in [0.1, 0.15) is 27.0 Å². The molecule has 0 aromatic heterocycles. The number of carbonyl (C=O) groups is 1. The lowest BCUT2D eigenvalue weighted by atomic mass is 10.0. The predicted molar refractivity (Wildman–Crippen MR) is 88.7 cm³/mol. The van der Waals surface area contributed by atoms with Crippen molar-refractivity contribution in [2.24, 2.45) is 0 Å². The lowest BCUT2D eigenvalue weighted by Crippen LogP contribution is -2.08. The van der Waals surface area contributed by atoms with Crippen molar-refractivity contribution in [3.05, 3.63) is 58.7 Å². The summed E-state index contributed by atoms with van der Waals surface area (Å²) in [6.07, 6.45) is 0. The van der Waals surface area contributed by atoms with E-state index in [4.69, 9.17) is 4.74 Å². The third kappa shape index (κ3) is 3.88. The second-order valence-electron chi connectivity index (χ2n) is 5.18. The SMILES string of the molecule is COc1cc(C)cc(C)c1C(=O)CSc1ccc(C)cc1. The largest absolute Gasteiger partial charge is 0.496 e. The molecule has 0 aliphatic rings. The molecule has 2 aromatic rings.